The normalized spacial score (nSPS) is 10.0. The Labute approximate surface area is 83.1 Å². The second-order valence-corrected chi connectivity index (χ2v) is 3.30. The van der Waals surface area contributed by atoms with Crippen LogP contribution in [0.5, 0.6) is 0 Å². The summed E-state index contributed by atoms with van der Waals surface area (Å²) in [5, 5.41) is 0. The first-order chi connectivity index (χ1) is 6.24. The largest absolute Gasteiger partial charge is 0.472 e. The zero-order valence-corrected chi connectivity index (χ0v) is 8.46. The molecule has 0 atom stereocenters. The minimum absolute atomic E-state index is 0.108. The van der Waals surface area contributed by atoms with Gasteiger partial charge in [-0.2, -0.15) is 12.6 Å². The van der Waals surface area contributed by atoms with E-state index in [1.807, 2.05) is 6.07 Å². The molecule has 0 spiro atoms. The molecule has 0 radical (unpaired) electrons. The van der Waals surface area contributed by atoms with Crippen molar-refractivity contribution >= 4 is 18.5 Å². The van der Waals surface area contributed by atoms with Crippen LogP contribution in [-0.4, -0.2) is 23.6 Å². The number of carbonyl (C=O) groups is 1. The van der Waals surface area contributed by atoms with Crippen LogP contribution in [0.1, 0.15) is 12.0 Å². The van der Waals surface area contributed by atoms with Gasteiger partial charge in [-0.1, -0.05) is 0 Å². The number of furan rings is 1. The van der Waals surface area contributed by atoms with Gasteiger partial charge in [0.2, 0.25) is 5.91 Å². The summed E-state index contributed by atoms with van der Waals surface area (Å²) in [5.41, 5.74) is 1.01. The Balaban J connectivity index is 2.41. The van der Waals surface area contributed by atoms with Gasteiger partial charge in [-0.15, -0.1) is 0 Å². The van der Waals surface area contributed by atoms with E-state index in [0.29, 0.717) is 18.7 Å². The Morgan fingerprint density at radius 2 is 2.46 bits per heavy atom. The molecule has 1 heterocycles. The SMILES string of the molecule is CN(Cc1ccoc1)C(=O)CCS. The van der Waals surface area contributed by atoms with E-state index in [0.717, 1.165) is 5.56 Å². The maximum atomic E-state index is 11.3. The number of thiol groups is 1. The molecule has 1 aromatic rings. The maximum Gasteiger partial charge on any atom is 0.223 e. The predicted octanol–water partition coefficient (Wildman–Crippen LogP) is 1.56. The summed E-state index contributed by atoms with van der Waals surface area (Å²) in [6.07, 6.45) is 3.73. The van der Waals surface area contributed by atoms with E-state index in [2.05, 4.69) is 12.6 Å². The molecule has 1 rings (SSSR count). The van der Waals surface area contributed by atoms with Gasteiger partial charge < -0.3 is 9.32 Å². The number of rotatable bonds is 4. The lowest BCUT2D eigenvalue weighted by Gasteiger charge is -2.15. The van der Waals surface area contributed by atoms with E-state index in [9.17, 15) is 4.79 Å². The summed E-state index contributed by atoms with van der Waals surface area (Å²) in [5.74, 6) is 0.699. The highest BCUT2D eigenvalue weighted by atomic mass is 32.1. The molecule has 1 amide bonds. The first kappa shape index (κ1) is 10.2. The van der Waals surface area contributed by atoms with Crippen molar-refractivity contribution in [3.05, 3.63) is 24.2 Å². The Bertz CT molecular complexity index is 259. The van der Waals surface area contributed by atoms with Gasteiger partial charge in [0.05, 0.1) is 12.5 Å². The van der Waals surface area contributed by atoms with Crippen LogP contribution in [0.15, 0.2) is 23.0 Å². The number of hydrogen-bond donors (Lipinski definition) is 1. The zero-order chi connectivity index (χ0) is 9.68. The monoisotopic (exact) mass is 199 g/mol. The third-order valence-electron chi connectivity index (χ3n) is 1.75. The molecular weight excluding hydrogens is 186 g/mol. The van der Waals surface area contributed by atoms with E-state index < -0.39 is 0 Å². The van der Waals surface area contributed by atoms with Gasteiger partial charge in [0.25, 0.3) is 0 Å². The molecule has 1 aromatic heterocycles. The molecule has 4 heteroatoms. The third kappa shape index (κ3) is 3.14. The lowest BCUT2D eigenvalue weighted by Crippen LogP contribution is -2.25. The van der Waals surface area contributed by atoms with Crippen molar-refractivity contribution < 1.29 is 9.21 Å². The number of nitrogens with zero attached hydrogens (tertiary/aromatic N) is 1. The molecule has 0 aromatic carbocycles. The van der Waals surface area contributed by atoms with Gasteiger partial charge in [-0.3, -0.25) is 4.79 Å². The van der Waals surface area contributed by atoms with Crippen LogP contribution in [0.25, 0.3) is 0 Å². The minimum Gasteiger partial charge on any atom is -0.472 e. The van der Waals surface area contributed by atoms with E-state index in [4.69, 9.17) is 4.42 Å². The molecule has 0 bridgehead atoms. The lowest BCUT2D eigenvalue weighted by atomic mass is 10.3. The fourth-order valence-corrected chi connectivity index (χ4v) is 1.22. The summed E-state index contributed by atoms with van der Waals surface area (Å²) in [4.78, 5) is 13.0. The van der Waals surface area contributed by atoms with Gasteiger partial charge in [-0.05, 0) is 11.8 Å². The summed E-state index contributed by atoms with van der Waals surface area (Å²) in [6.45, 7) is 0.600. The zero-order valence-electron chi connectivity index (χ0n) is 7.56. The Kier molecular flexibility index (Phi) is 3.89. The predicted molar refractivity (Wildman–Crippen MR) is 53.7 cm³/mol. The molecule has 0 aliphatic heterocycles. The molecular formula is C9H13NO2S. The summed E-state index contributed by atoms with van der Waals surface area (Å²) in [6, 6.07) is 1.85. The van der Waals surface area contributed by atoms with Crippen LogP contribution >= 0.6 is 12.6 Å². The van der Waals surface area contributed by atoms with E-state index in [-0.39, 0.29) is 5.91 Å². The van der Waals surface area contributed by atoms with Crippen molar-refractivity contribution in [1.82, 2.24) is 4.90 Å². The fourth-order valence-electron chi connectivity index (χ4n) is 1.03. The highest BCUT2D eigenvalue weighted by molar-refractivity contribution is 7.80. The second-order valence-electron chi connectivity index (χ2n) is 2.86. The van der Waals surface area contributed by atoms with Gasteiger partial charge in [0, 0.05) is 25.6 Å². The fraction of sp³-hybridized carbons (Fsp3) is 0.444. The van der Waals surface area contributed by atoms with E-state index >= 15 is 0 Å². The Morgan fingerprint density at radius 1 is 1.69 bits per heavy atom. The van der Waals surface area contributed by atoms with Gasteiger partial charge >= 0.3 is 0 Å². The average Bonchev–Trinajstić information content (AvgIpc) is 2.57. The van der Waals surface area contributed by atoms with Crippen LogP contribution < -0.4 is 0 Å². The smallest absolute Gasteiger partial charge is 0.223 e. The van der Waals surface area contributed by atoms with E-state index in [1.165, 1.54) is 0 Å². The molecule has 0 unspecified atom stereocenters. The molecule has 13 heavy (non-hydrogen) atoms. The molecule has 72 valence electrons. The molecule has 0 fully saturated rings. The van der Waals surface area contributed by atoms with Crippen LogP contribution in [0.2, 0.25) is 0 Å². The molecule has 0 aliphatic rings. The standard InChI is InChI=1S/C9H13NO2S/c1-10(9(11)3-5-13)6-8-2-4-12-7-8/h2,4,7,13H,3,5-6H2,1H3. The number of carbonyl (C=O) groups excluding carboxylic acids is 1. The highest BCUT2D eigenvalue weighted by Gasteiger charge is 2.07. The average molecular weight is 199 g/mol. The van der Waals surface area contributed by atoms with Crippen LogP contribution in [0.3, 0.4) is 0 Å². The number of hydrogen-bond acceptors (Lipinski definition) is 3. The highest BCUT2D eigenvalue weighted by Crippen LogP contribution is 2.04. The molecule has 0 N–H and O–H groups in total. The lowest BCUT2D eigenvalue weighted by molar-refractivity contribution is -0.129. The van der Waals surface area contributed by atoms with Crippen molar-refractivity contribution in [2.75, 3.05) is 12.8 Å². The first-order valence-electron chi connectivity index (χ1n) is 4.10. The van der Waals surface area contributed by atoms with Gasteiger partial charge in [-0.25, -0.2) is 0 Å². The van der Waals surface area contributed by atoms with Crippen molar-refractivity contribution in [1.29, 1.82) is 0 Å². The minimum atomic E-state index is 0.108. The van der Waals surface area contributed by atoms with Gasteiger partial charge in [0.1, 0.15) is 0 Å². The summed E-state index contributed by atoms with van der Waals surface area (Å²) in [7, 11) is 1.78. The summed E-state index contributed by atoms with van der Waals surface area (Å²) >= 11 is 4.00. The molecule has 0 saturated heterocycles. The summed E-state index contributed by atoms with van der Waals surface area (Å²) < 4.78 is 4.90. The van der Waals surface area contributed by atoms with Crippen molar-refractivity contribution in [2.45, 2.75) is 13.0 Å². The molecule has 0 saturated carbocycles. The topological polar surface area (TPSA) is 33.5 Å². The first-order valence-corrected chi connectivity index (χ1v) is 4.73. The second kappa shape index (κ2) is 4.97. The van der Waals surface area contributed by atoms with Crippen LogP contribution in [0.4, 0.5) is 0 Å². The quantitative estimate of drug-likeness (QED) is 0.746. The van der Waals surface area contributed by atoms with E-state index in [1.54, 1.807) is 24.5 Å². The molecule has 0 aliphatic carbocycles. The van der Waals surface area contributed by atoms with Crippen molar-refractivity contribution in [3.8, 4) is 0 Å². The maximum absolute atomic E-state index is 11.3. The number of amides is 1. The third-order valence-corrected chi connectivity index (χ3v) is 1.97. The van der Waals surface area contributed by atoms with Crippen molar-refractivity contribution in [2.24, 2.45) is 0 Å². The molecule has 3 nitrogen and oxygen atoms in total. The van der Waals surface area contributed by atoms with Crippen LogP contribution in [0, 0.1) is 0 Å². The van der Waals surface area contributed by atoms with Crippen molar-refractivity contribution in [3.63, 3.8) is 0 Å². The van der Waals surface area contributed by atoms with Gasteiger partial charge in [0.15, 0.2) is 0 Å². The van der Waals surface area contributed by atoms with Crippen LogP contribution in [-0.2, 0) is 11.3 Å². The Morgan fingerprint density at radius 3 is 3.00 bits per heavy atom. The Hall–Kier alpha value is -0.900.